The van der Waals surface area contributed by atoms with Crippen LogP contribution in [0.2, 0.25) is 0 Å². The predicted molar refractivity (Wildman–Crippen MR) is 75.3 cm³/mol. The number of carbonyl (C=O) groups is 1. The molecule has 0 unspecified atom stereocenters. The number of pyridine rings is 1. The average Bonchev–Trinajstić information content (AvgIpc) is 2.80. The normalized spacial score (nSPS) is 10.8. The van der Waals surface area contributed by atoms with E-state index in [9.17, 15) is 4.79 Å². The first-order chi connectivity index (χ1) is 9.26. The van der Waals surface area contributed by atoms with E-state index in [-0.39, 0.29) is 0 Å². The number of carbonyl (C=O) groups excluding carboxylic acids is 1. The molecule has 0 bridgehead atoms. The van der Waals surface area contributed by atoms with Crippen molar-refractivity contribution in [2.24, 2.45) is 0 Å². The molecule has 0 atom stereocenters. The van der Waals surface area contributed by atoms with Crippen LogP contribution in [0, 0.1) is 0 Å². The first-order valence-corrected chi connectivity index (χ1v) is 6.60. The van der Waals surface area contributed by atoms with E-state index >= 15 is 0 Å². The molecule has 0 fully saturated rings. The molecule has 19 heavy (non-hydrogen) atoms. The molecule has 3 rings (SSSR count). The number of halogens is 1. The molecule has 0 spiro atoms. The SMILES string of the molecule is O=Cc1cccc2nc(Cc3cccc(Br)c3)nn12. The third kappa shape index (κ3) is 2.42. The highest BCUT2D eigenvalue weighted by molar-refractivity contribution is 9.10. The van der Waals surface area contributed by atoms with Crippen LogP contribution in [0.15, 0.2) is 46.9 Å². The molecule has 2 heterocycles. The summed E-state index contributed by atoms with van der Waals surface area (Å²) in [5.41, 5.74) is 2.32. The lowest BCUT2D eigenvalue weighted by Crippen LogP contribution is -1.97. The quantitative estimate of drug-likeness (QED) is 0.698. The van der Waals surface area contributed by atoms with Gasteiger partial charge in [0.1, 0.15) is 5.69 Å². The molecule has 2 aromatic heterocycles. The Bertz CT molecular complexity index is 751. The summed E-state index contributed by atoms with van der Waals surface area (Å²) in [6, 6.07) is 13.4. The molecule has 0 aliphatic rings. The summed E-state index contributed by atoms with van der Waals surface area (Å²) in [5.74, 6) is 0.701. The van der Waals surface area contributed by atoms with Crippen molar-refractivity contribution in [3.63, 3.8) is 0 Å². The van der Waals surface area contributed by atoms with Gasteiger partial charge in [-0.25, -0.2) is 9.50 Å². The molecule has 0 saturated carbocycles. The van der Waals surface area contributed by atoms with Crippen molar-refractivity contribution in [2.45, 2.75) is 6.42 Å². The first-order valence-electron chi connectivity index (χ1n) is 5.80. The van der Waals surface area contributed by atoms with Crippen molar-refractivity contribution < 1.29 is 4.79 Å². The van der Waals surface area contributed by atoms with Crippen LogP contribution in [-0.2, 0) is 6.42 Å². The Morgan fingerprint density at radius 1 is 1.21 bits per heavy atom. The smallest absolute Gasteiger partial charge is 0.168 e. The van der Waals surface area contributed by atoms with E-state index in [2.05, 4.69) is 26.0 Å². The Morgan fingerprint density at radius 3 is 2.84 bits per heavy atom. The van der Waals surface area contributed by atoms with Crippen molar-refractivity contribution in [3.8, 4) is 0 Å². The van der Waals surface area contributed by atoms with Crippen LogP contribution in [0.4, 0.5) is 0 Å². The molecular formula is C14H10BrN3O. The van der Waals surface area contributed by atoms with Crippen molar-refractivity contribution in [1.29, 1.82) is 0 Å². The Balaban J connectivity index is 2.00. The Labute approximate surface area is 118 Å². The summed E-state index contributed by atoms with van der Waals surface area (Å²) in [6.45, 7) is 0. The minimum Gasteiger partial charge on any atom is -0.296 e. The van der Waals surface area contributed by atoms with E-state index in [0.717, 1.165) is 16.3 Å². The van der Waals surface area contributed by atoms with Gasteiger partial charge in [-0.3, -0.25) is 4.79 Å². The van der Waals surface area contributed by atoms with Gasteiger partial charge in [0.05, 0.1) is 0 Å². The number of nitrogens with zero attached hydrogens (tertiary/aromatic N) is 3. The second-order valence-corrected chi connectivity index (χ2v) is 5.09. The predicted octanol–water partition coefficient (Wildman–Crippen LogP) is 2.90. The molecular weight excluding hydrogens is 306 g/mol. The Kier molecular flexibility index (Phi) is 3.13. The first kappa shape index (κ1) is 12.0. The van der Waals surface area contributed by atoms with Crippen molar-refractivity contribution >= 4 is 27.9 Å². The summed E-state index contributed by atoms with van der Waals surface area (Å²) in [5, 5.41) is 4.37. The van der Waals surface area contributed by atoms with Crippen LogP contribution in [0.1, 0.15) is 21.9 Å². The fourth-order valence-electron chi connectivity index (χ4n) is 1.96. The molecule has 0 amide bonds. The van der Waals surface area contributed by atoms with E-state index < -0.39 is 0 Å². The number of aromatic nitrogens is 3. The van der Waals surface area contributed by atoms with Gasteiger partial charge in [-0.15, -0.1) is 0 Å². The van der Waals surface area contributed by atoms with Crippen molar-refractivity contribution in [1.82, 2.24) is 14.6 Å². The zero-order valence-electron chi connectivity index (χ0n) is 9.95. The minimum atomic E-state index is 0.505. The summed E-state index contributed by atoms with van der Waals surface area (Å²) in [6.07, 6.45) is 1.42. The molecule has 4 nitrogen and oxygen atoms in total. The molecule has 0 N–H and O–H groups in total. The third-order valence-electron chi connectivity index (χ3n) is 2.80. The molecule has 3 aromatic rings. The highest BCUT2D eigenvalue weighted by atomic mass is 79.9. The van der Waals surface area contributed by atoms with Gasteiger partial charge in [-0.2, -0.15) is 5.10 Å². The fraction of sp³-hybridized carbons (Fsp3) is 0.0714. The van der Waals surface area contributed by atoms with Gasteiger partial charge in [0.2, 0.25) is 0 Å². The maximum atomic E-state index is 10.9. The highest BCUT2D eigenvalue weighted by Crippen LogP contribution is 2.14. The number of fused-ring (bicyclic) bond motifs is 1. The maximum Gasteiger partial charge on any atom is 0.168 e. The van der Waals surface area contributed by atoms with Crippen molar-refractivity contribution in [3.05, 3.63) is 64.0 Å². The zero-order valence-corrected chi connectivity index (χ0v) is 11.5. The summed E-state index contributed by atoms with van der Waals surface area (Å²) < 4.78 is 2.60. The van der Waals surface area contributed by atoms with E-state index in [1.807, 2.05) is 30.3 Å². The lowest BCUT2D eigenvalue weighted by atomic mass is 10.1. The maximum absolute atomic E-state index is 10.9. The average molecular weight is 316 g/mol. The van der Waals surface area contributed by atoms with Crippen LogP contribution in [0.25, 0.3) is 5.65 Å². The Morgan fingerprint density at radius 2 is 2.05 bits per heavy atom. The molecule has 0 aliphatic carbocycles. The highest BCUT2D eigenvalue weighted by Gasteiger charge is 2.07. The monoisotopic (exact) mass is 315 g/mol. The van der Waals surface area contributed by atoms with Crippen LogP contribution >= 0.6 is 15.9 Å². The van der Waals surface area contributed by atoms with Crippen LogP contribution < -0.4 is 0 Å². The lowest BCUT2D eigenvalue weighted by Gasteiger charge is -1.97. The minimum absolute atomic E-state index is 0.505. The number of rotatable bonds is 3. The fourth-order valence-corrected chi connectivity index (χ4v) is 2.41. The Hall–Kier alpha value is -2.01. The summed E-state index contributed by atoms with van der Waals surface area (Å²) in [4.78, 5) is 15.4. The number of hydrogen-bond donors (Lipinski definition) is 0. The van der Waals surface area contributed by atoms with Gasteiger partial charge < -0.3 is 0 Å². The molecule has 5 heteroatoms. The molecule has 1 aromatic carbocycles. The lowest BCUT2D eigenvalue weighted by molar-refractivity contribution is 0.111. The van der Waals surface area contributed by atoms with E-state index in [4.69, 9.17) is 0 Å². The third-order valence-corrected chi connectivity index (χ3v) is 3.30. The second-order valence-electron chi connectivity index (χ2n) is 4.17. The molecule has 0 radical (unpaired) electrons. The van der Waals surface area contributed by atoms with Gasteiger partial charge in [0.15, 0.2) is 17.8 Å². The van der Waals surface area contributed by atoms with Crippen molar-refractivity contribution in [2.75, 3.05) is 0 Å². The van der Waals surface area contributed by atoms with Crippen LogP contribution in [-0.4, -0.2) is 20.9 Å². The van der Waals surface area contributed by atoms with E-state index in [1.54, 1.807) is 16.6 Å². The summed E-state index contributed by atoms with van der Waals surface area (Å²) >= 11 is 3.44. The van der Waals surface area contributed by atoms with Gasteiger partial charge >= 0.3 is 0 Å². The van der Waals surface area contributed by atoms with Crippen LogP contribution in [0.3, 0.4) is 0 Å². The van der Waals surface area contributed by atoms with E-state index in [1.165, 1.54) is 0 Å². The number of benzene rings is 1. The van der Waals surface area contributed by atoms with Gasteiger partial charge in [0.25, 0.3) is 0 Å². The van der Waals surface area contributed by atoms with Gasteiger partial charge in [0, 0.05) is 10.9 Å². The molecule has 0 aliphatic heterocycles. The largest absolute Gasteiger partial charge is 0.296 e. The molecule has 94 valence electrons. The zero-order chi connectivity index (χ0) is 13.2. The summed E-state index contributed by atoms with van der Waals surface area (Å²) in [7, 11) is 0. The number of aldehydes is 1. The topological polar surface area (TPSA) is 47.3 Å². The number of hydrogen-bond acceptors (Lipinski definition) is 3. The van der Waals surface area contributed by atoms with Gasteiger partial charge in [-0.1, -0.05) is 34.1 Å². The van der Waals surface area contributed by atoms with Crippen LogP contribution in [0.5, 0.6) is 0 Å². The van der Waals surface area contributed by atoms with E-state index in [0.29, 0.717) is 23.6 Å². The second kappa shape index (κ2) is 4.93. The molecule has 0 saturated heterocycles. The standard InChI is InChI=1S/C14H10BrN3O/c15-11-4-1-3-10(7-11)8-13-16-14-6-2-5-12(9-19)18(14)17-13/h1-7,9H,8H2. The van der Waals surface area contributed by atoms with Gasteiger partial charge in [-0.05, 0) is 29.8 Å².